The van der Waals surface area contributed by atoms with Gasteiger partial charge in [-0.15, -0.1) is 0 Å². The van der Waals surface area contributed by atoms with Crippen molar-refractivity contribution in [3.63, 3.8) is 0 Å². The summed E-state index contributed by atoms with van der Waals surface area (Å²) in [5.41, 5.74) is 0. The van der Waals surface area contributed by atoms with Gasteiger partial charge in [0.25, 0.3) is 0 Å². The Morgan fingerprint density at radius 1 is 1.53 bits per heavy atom. The van der Waals surface area contributed by atoms with Gasteiger partial charge in [-0.1, -0.05) is 23.2 Å². The Hall–Kier alpha value is -0.250. The Kier molecular flexibility index (Phi) is 4.90. The van der Waals surface area contributed by atoms with Crippen molar-refractivity contribution in [1.82, 2.24) is 0 Å². The Morgan fingerprint density at radius 2 is 2.27 bits per heavy atom. The molecule has 0 spiro atoms. The van der Waals surface area contributed by atoms with E-state index in [2.05, 4.69) is 0 Å². The predicted octanol–water partition coefficient (Wildman–Crippen LogP) is 3.09. The Bertz CT molecular complexity index is 275. The molecule has 1 aliphatic rings. The van der Waals surface area contributed by atoms with Gasteiger partial charge < -0.3 is 9.84 Å². The summed E-state index contributed by atoms with van der Waals surface area (Å²) in [7, 11) is 0. The lowest BCUT2D eigenvalue weighted by atomic mass is 10.1. The number of hydrogen-bond donors (Lipinski definition) is 1. The van der Waals surface area contributed by atoms with Crippen LogP contribution in [0.1, 0.15) is 19.3 Å². The molecule has 0 aromatic heterocycles. The molecule has 15 heavy (non-hydrogen) atoms. The molecular weight excluding hydrogens is 242 g/mol. The maximum absolute atomic E-state index is 13.2. The van der Waals surface area contributed by atoms with Crippen molar-refractivity contribution in [2.45, 2.75) is 24.4 Å². The van der Waals surface area contributed by atoms with Crippen LogP contribution >= 0.6 is 23.2 Å². The summed E-state index contributed by atoms with van der Waals surface area (Å²) in [5.74, 6) is 0.462. The quantitative estimate of drug-likeness (QED) is 0.604. The van der Waals surface area contributed by atoms with Crippen LogP contribution in [0, 0.1) is 0 Å². The highest BCUT2D eigenvalue weighted by atomic mass is 35.5. The number of aliphatic hydroxyl groups is 1. The number of unbranched alkanes of at least 4 members (excludes halogenated alkanes) is 1. The molecule has 1 aliphatic carbocycles. The topological polar surface area (TPSA) is 29.5 Å². The molecular formula is C10H13Cl2FO2. The fraction of sp³-hybridized carbons (Fsp3) is 0.600. The summed E-state index contributed by atoms with van der Waals surface area (Å²) >= 11 is 11.3. The number of halogens is 3. The van der Waals surface area contributed by atoms with Crippen LogP contribution in [0.15, 0.2) is 22.9 Å². The zero-order valence-corrected chi connectivity index (χ0v) is 9.69. The second-order valence-corrected chi connectivity index (χ2v) is 4.40. The summed E-state index contributed by atoms with van der Waals surface area (Å²) in [6.45, 7) is 0.597. The van der Waals surface area contributed by atoms with E-state index in [0.29, 0.717) is 23.8 Å². The molecule has 0 saturated heterocycles. The third-order valence-electron chi connectivity index (χ3n) is 1.95. The molecule has 0 aromatic rings. The first-order chi connectivity index (χ1) is 7.05. The van der Waals surface area contributed by atoms with Gasteiger partial charge in [-0.2, -0.15) is 0 Å². The fourth-order valence-electron chi connectivity index (χ4n) is 1.16. The molecule has 1 N–H and O–H groups in total. The molecule has 0 saturated carbocycles. The van der Waals surface area contributed by atoms with Crippen molar-refractivity contribution in [2.24, 2.45) is 0 Å². The molecule has 1 rings (SSSR count). The van der Waals surface area contributed by atoms with Crippen molar-refractivity contribution >= 4 is 23.2 Å². The Morgan fingerprint density at radius 3 is 2.87 bits per heavy atom. The van der Waals surface area contributed by atoms with Crippen LogP contribution in [0.4, 0.5) is 4.39 Å². The lowest BCUT2D eigenvalue weighted by Crippen LogP contribution is -2.15. The second kappa shape index (κ2) is 5.73. The molecule has 5 heteroatoms. The zero-order chi connectivity index (χ0) is 11.3. The summed E-state index contributed by atoms with van der Waals surface area (Å²) in [6, 6.07) is 0. The van der Waals surface area contributed by atoms with E-state index in [1.807, 2.05) is 0 Å². The number of rotatable bonds is 5. The minimum atomic E-state index is -1.89. The van der Waals surface area contributed by atoms with Crippen molar-refractivity contribution in [3.8, 4) is 0 Å². The second-order valence-electron chi connectivity index (χ2n) is 3.32. The van der Waals surface area contributed by atoms with Gasteiger partial charge in [0.1, 0.15) is 5.76 Å². The van der Waals surface area contributed by atoms with E-state index in [4.69, 9.17) is 33.0 Å². The third-order valence-corrected chi connectivity index (χ3v) is 2.53. The van der Waals surface area contributed by atoms with Crippen LogP contribution in [-0.4, -0.2) is 23.4 Å². The molecule has 86 valence electrons. The highest BCUT2D eigenvalue weighted by Crippen LogP contribution is 2.35. The average molecular weight is 255 g/mol. The van der Waals surface area contributed by atoms with Crippen LogP contribution in [-0.2, 0) is 4.74 Å². The van der Waals surface area contributed by atoms with E-state index in [1.165, 1.54) is 12.2 Å². The first-order valence-electron chi connectivity index (χ1n) is 4.74. The van der Waals surface area contributed by atoms with Gasteiger partial charge in [0.05, 0.1) is 11.6 Å². The minimum absolute atomic E-state index is 0.0675. The maximum atomic E-state index is 13.2. The van der Waals surface area contributed by atoms with Crippen LogP contribution in [0.5, 0.6) is 0 Å². The van der Waals surface area contributed by atoms with Crippen LogP contribution < -0.4 is 0 Å². The van der Waals surface area contributed by atoms with E-state index in [0.717, 1.165) is 6.42 Å². The lowest BCUT2D eigenvalue weighted by Gasteiger charge is -2.19. The van der Waals surface area contributed by atoms with Crippen molar-refractivity contribution < 1.29 is 14.2 Å². The van der Waals surface area contributed by atoms with Crippen LogP contribution in [0.25, 0.3) is 0 Å². The Labute approximate surface area is 98.3 Å². The SMILES string of the molecule is OCCCCOC1=C(Cl)CC(F)(Cl)C=C1. The van der Waals surface area contributed by atoms with Crippen LogP contribution in [0.2, 0.25) is 0 Å². The Balaban J connectivity index is 2.40. The molecule has 0 bridgehead atoms. The summed E-state index contributed by atoms with van der Waals surface area (Å²) in [4.78, 5) is 0. The van der Waals surface area contributed by atoms with Gasteiger partial charge in [-0.05, 0) is 25.0 Å². The molecule has 1 unspecified atom stereocenters. The predicted molar refractivity (Wildman–Crippen MR) is 58.6 cm³/mol. The molecule has 1 atom stereocenters. The molecule has 0 amide bonds. The minimum Gasteiger partial charge on any atom is -0.492 e. The largest absolute Gasteiger partial charge is 0.492 e. The fourth-order valence-corrected chi connectivity index (χ4v) is 1.74. The number of aliphatic hydroxyl groups excluding tert-OH is 1. The monoisotopic (exact) mass is 254 g/mol. The highest BCUT2D eigenvalue weighted by Gasteiger charge is 2.29. The number of allylic oxidation sites excluding steroid dienone is 3. The third kappa shape index (κ3) is 4.41. The smallest absolute Gasteiger partial charge is 0.207 e. The standard InChI is InChI=1S/C10H13Cl2FO2/c11-8-7-10(12,13)4-3-9(8)15-6-2-1-5-14/h3-4,14H,1-2,5-7H2. The van der Waals surface area contributed by atoms with Gasteiger partial charge >= 0.3 is 0 Å². The normalized spacial score (nSPS) is 25.9. The first-order valence-corrected chi connectivity index (χ1v) is 5.50. The molecule has 0 heterocycles. The highest BCUT2D eigenvalue weighted by molar-refractivity contribution is 6.32. The van der Waals surface area contributed by atoms with Crippen LogP contribution in [0.3, 0.4) is 0 Å². The molecule has 0 aliphatic heterocycles. The summed E-state index contributed by atoms with van der Waals surface area (Å²) < 4.78 is 18.5. The van der Waals surface area contributed by atoms with Crippen molar-refractivity contribution in [1.29, 1.82) is 0 Å². The van der Waals surface area contributed by atoms with E-state index >= 15 is 0 Å². The molecule has 0 aromatic carbocycles. The molecule has 0 fully saturated rings. The molecule has 0 radical (unpaired) electrons. The van der Waals surface area contributed by atoms with Gasteiger partial charge in [-0.25, -0.2) is 4.39 Å². The van der Waals surface area contributed by atoms with Gasteiger partial charge in [0, 0.05) is 13.0 Å². The maximum Gasteiger partial charge on any atom is 0.207 e. The van der Waals surface area contributed by atoms with Gasteiger partial charge in [0.15, 0.2) is 0 Å². The van der Waals surface area contributed by atoms with E-state index in [9.17, 15) is 4.39 Å². The lowest BCUT2D eigenvalue weighted by molar-refractivity contribution is 0.195. The first kappa shape index (κ1) is 12.8. The van der Waals surface area contributed by atoms with Gasteiger partial charge in [0.2, 0.25) is 5.13 Å². The van der Waals surface area contributed by atoms with E-state index < -0.39 is 5.13 Å². The number of hydrogen-bond acceptors (Lipinski definition) is 2. The average Bonchev–Trinajstić information content (AvgIpc) is 2.14. The number of ether oxygens (including phenoxy) is 1. The number of alkyl halides is 2. The summed E-state index contributed by atoms with van der Waals surface area (Å²) in [5, 5.41) is 6.95. The van der Waals surface area contributed by atoms with Crippen molar-refractivity contribution in [2.75, 3.05) is 13.2 Å². The molecule has 2 nitrogen and oxygen atoms in total. The van der Waals surface area contributed by atoms with E-state index in [1.54, 1.807) is 0 Å². The summed E-state index contributed by atoms with van der Waals surface area (Å²) in [6.07, 6.45) is 4.01. The van der Waals surface area contributed by atoms with Crippen molar-refractivity contribution in [3.05, 3.63) is 22.9 Å². The van der Waals surface area contributed by atoms with Gasteiger partial charge in [-0.3, -0.25) is 0 Å². The zero-order valence-electron chi connectivity index (χ0n) is 8.18. The van der Waals surface area contributed by atoms with E-state index in [-0.39, 0.29) is 13.0 Å².